The van der Waals surface area contributed by atoms with E-state index in [9.17, 15) is 4.79 Å². The molecule has 7 nitrogen and oxygen atoms in total. The number of nitrogens with zero attached hydrogens (tertiary/aromatic N) is 4. The van der Waals surface area contributed by atoms with Crippen LogP contribution < -0.4 is 5.32 Å². The lowest BCUT2D eigenvalue weighted by Crippen LogP contribution is -2.47. The van der Waals surface area contributed by atoms with Gasteiger partial charge in [0.05, 0.1) is 0 Å². The molecule has 0 spiro atoms. The predicted molar refractivity (Wildman–Crippen MR) is 122 cm³/mol. The summed E-state index contributed by atoms with van der Waals surface area (Å²) in [5.74, 6) is 1.06. The summed E-state index contributed by atoms with van der Waals surface area (Å²) in [4.78, 5) is 24.0. The second kappa shape index (κ2) is 9.16. The highest BCUT2D eigenvalue weighted by Crippen LogP contribution is 2.35. The van der Waals surface area contributed by atoms with Crippen molar-refractivity contribution in [2.45, 2.75) is 13.3 Å². The summed E-state index contributed by atoms with van der Waals surface area (Å²) in [6, 6.07) is 10.2. The molecule has 3 heterocycles. The number of benzene rings is 1. The first kappa shape index (κ1) is 20.8. The second-order valence-electron chi connectivity index (χ2n) is 7.68. The second-order valence-corrected chi connectivity index (χ2v) is 8.66. The molecule has 0 aliphatic carbocycles. The van der Waals surface area contributed by atoms with Gasteiger partial charge in [0, 0.05) is 57.7 Å². The lowest BCUT2D eigenvalue weighted by atomic mass is 10.1. The Kier molecular flexibility index (Phi) is 6.36. The van der Waals surface area contributed by atoms with Gasteiger partial charge in [-0.1, -0.05) is 41.7 Å². The first-order chi connectivity index (χ1) is 14.6. The molecule has 0 saturated carbocycles. The van der Waals surface area contributed by atoms with Gasteiger partial charge >= 0.3 is 0 Å². The van der Waals surface area contributed by atoms with Gasteiger partial charge in [-0.25, -0.2) is 4.98 Å². The molecule has 160 valence electrons. The number of fused-ring (bicyclic) bond motifs is 1. The van der Waals surface area contributed by atoms with Crippen molar-refractivity contribution in [1.82, 2.24) is 19.2 Å². The molecule has 4 rings (SSSR count). The minimum atomic E-state index is 0.114. The van der Waals surface area contributed by atoms with E-state index in [4.69, 9.17) is 9.72 Å². The molecule has 2 aromatic heterocycles. The molecule has 1 amide bonds. The van der Waals surface area contributed by atoms with E-state index in [1.54, 1.807) is 7.11 Å². The van der Waals surface area contributed by atoms with Crippen LogP contribution in [0.1, 0.15) is 21.8 Å². The summed E-state index contributed by atoms with van der Waals surface area (Å²) < 4.78 is 7.28. The lowest BCUT2D eigenvalue weighted by molar-refractivity contribution is 0.0668. The largest absolute Gasteiger partial charge is 0.385 e. The Hall–Kier alpha value is -2.42. The van der Waals surface area contributed by atoms with Gasteiger partial charge < -0.3 is 19.9 Å². The van der Waals surface area contributed by atoms with Gasteiger partial charge in [0.1, 0.15) is 16.4 Å². The standard InChI is InChI=1S/C22H29N5O2S/c1-16-19(21(28)26-13-11-25(2)12-14-26)30-22-24-18(17-8-5-4-6-9-17)20(27(16)22)23-10-7-15-29-3/h4-6,8-9,23H,7,10-15H2,1-3H3. The summed E-state index contributed by atoms with van der Waals surface area (Å²) in [6.07, 6.45) is 0.897. The number of methoxy groups -OCH3 is 1. The maximum absolute atomic E-state index is 13.2. The van der Waals surface area contributed by atoms with E-state index in [2.05, 4.69) is 33.8 Å². The fraction of sp³-hybridized carbons (Fsp3) is 0.455. The predicted octanol–water partition coefficient (Wildman–Crippen LogP) is 3.21. The van der Waals surface area contributed by atoms with Crippen LogP contribution in [-0.4, -0.2) is 78.6 Å². The Balaban J connectivity index is 1.69. The summed E-state index contributed by atoms with van der Waals surface area (Å²) in [7, 11) is 3.81. The van der Waals surface area contributed by atoms with Gasteiger partial charge in [-0.3, -0.25) is 9.20 Å². The van der Waals surface area contributed by atoms with Crippen LogP contribution in [0.15, 0.2) is 30.3 Å². The minimum absolute atomic E-state index is 0.114. The van der Waals surface area contributed by atoms with Crippen molar-refractivity contribution in [1.29, 1.82) is 0 Å². The number of piperazine rings is 1. The molecule has 1 saturated heterocycles. The molecule has 0 atom stereocenters. The van der Waals surface area contributed by atoms with Crippen molar-refractivity contribution in [3.8, 4) is 11.3 Å². The third-order valence-electron chi connectivity index (χ3n) is 5.55. The Morgan fingerprint density at radius 1 is 1.20 bits per heavy atom. The van der Waals surface area contributed by atoms with Crippen molar-refractivity contribution in [3.63, 3.8) is 0 Å². The number of rotatable bonds is 7. The number of likely N-dealkylation sites (N-methyl/N-ethyl adjacent to an activating group) is 1. The monoisotopic (exact) mass is 427 g/mol. The van der Waals surface area contributed by atoms with E-state index in [0.717, 1.165) is 71.8 Å². The number of hydrogen-bond donors (Lipinski definition) is 1. The Bertz CT molecular complexity index is 1010. The number of carbonyl (C=O) groups excluding carboxylic acids is 1. The number of ether oxygens (including phenoxy) is 1. The van der Waals surface area contributed by atoms with Gasteiger partial charge in [-0.2, -0.15) is 0 Å². The summed E-state index contributed by atoms with van der Waals surface area (Å²) in [6.45, 7) is 6.86. The lowest BCUT2D eigenvalue weighted by Gasteiger charge is -2.32. The first-order valence-corrected chi connectivity index (χ1v) is 11.2. The normalized spacial score (nSPS) is 15.1. The maximum atomic E-state index is 13.2. The van der Waals surface area contributed by atoms with Crippen molar-refractivity contribution < 1.29 is 9.53 Å². The molecule has 1 aliphatic heterocycles. The van der Waals surface area contributed by atoms with Crippen LogP contribution in [-0.2, 0) is 4.74 Å². The zero-order valence-electron chi connectivity index (χ0n) is 17.9. The van der Waals surface area contributed by atoms with Crippen LogP contribution in [0.4, 0.5) is 5.82 Å². The van der Waals surface area contributed by atoms with Crippen LogP contribution in [0.5, 0.6) is 0 Å². The Labute approximate surface area is 181 Å². The number of imidazole rings is 1. The first-order valence-electron chi connectivity index (χ1n) is 10.4. The highest BCUT2D eigenvalue weighted by molar-refractivity contribution is 7.19. The van der Waals surface area contributed by atoms with Crippen molar-refractivity contribution in [2.24, 2.45) is 0 Å². The molecular weight excluding hydrogens is 398 g/mol. The number of aromatic nitrogens is 2. The fourth-order valence-corrected chi connectivity index (χ4v) is 4.88. The zero-order valence-corrected chi connectivity index (χ0v) is 18.7. The molecule has 1 N–H and O–H groups in total. The topological polar surface area (TPSA) is 62.1 Å². The van der Waals surface area contributed by atoms with E-state index in [1.165, 1.54) is 11.3 Å². The van der Waals surface area contributed by atoms with Gasteiger partial charge in [0.2, 0.25) is 0 Å². The van der Waals surface area contributed by atoms with Gasteiger partial charge in [-0.15, -0.1) is 0 Å². The smallest absolute Gasteiger partial charge is 0.265 e. The molecule has 0 radical (unpaired) electrons. The van der Waals surface area contributed by atoms with E-state index >= 15 is 0 Å². The quantitative estimate of drug-likeness (QED) is 0.587. The Morgan fingerprint density at radius 2 is 1.93 bits per heavy atom. The van der Waals surface area contributed by atoms with E-state index in [-0.39, 0.29) is 5.91 Å². The minimum Gasteiger partial charge on any atom is -0.385 e. The van der Waals surface area contributed by atoms with E-state index < -0.39 is 0 Å². The summed E-state index contributed by atoms with van der Waals surface area (Å²) in [5.41, 5.74) is 2.93. The number of anilines is 1. The van der Waals surface area contributed by atoms with Gasteiger partial charge in [0.15, 0.2) is 4.96 Å². The van der Waals surface area contributed by atoms with E-state index in [1.807, 2.05) is 30.0 Å². The molecule has 1 aromatic carbocycles. The number of thiazole rings is 1. The molecule has 30 heavy (non-hydrogen) atoms. The number of hydrogen-bond acceptors (Lipinski definition) is 6. The Morgan fingerprint density at radius 3 is 2.63 bits per heavy atom. The molecule has 0 bridgehead atoms. The van der Waals surface area contributed by atoms with Gasteiger partial charge in [-0.05, 0) is 20.4 Å². The van der Waals surface area contributed by atoms with Crippen LogP contribution in [0, 0.1) is 6.92 Å². The van der Waals surface area contributed by atoms with Crippen LogP contribution >= 0.6 is 11.3 Å². The SMILES string of the molecule is COCCCNc1c(-c2ccccc2)nc2sc(C(=O)N3CCN(C)CC3)c(C)n12. The van der Waals surface area contributed by atoms with Crippen LogP contribution in [0.25, 0.3) is 16.2 Å². The molecular formula is C22H29N5O2S. The van der Waals surface area contributed by atoms with Crippen LogP contribution in [0.2, 0.25) is 0 Å². The molecule has 3 aromatic rings. The number of amides is 1. The van der Waals surface area contributed by atoms with E-state index in [0.29, 0.717) is 6.61 Å². The molecule has 0 unspecified atom stereocenters. The number of nitrogens with one attached hydrogen (secondary N) is 1. The average Bonchev–Trinajstić information content (AvgIpc) is 3.29. The van der Waals surface area contributed by atoms with Crippen molar-refractivity contribution >= 4 is 28.0 Å². The summed E-state index contributed by atoms with van der Waals surface area (Å²) in [5, 5.41) is 3.54. The average molecular weight is 428 g/mol. The number of carbonyl (C=O) groups is 1. The van der Waals surface area contributed by atoms with Crippen molar-refractivity contribution in [2.75, 3.05) is 58.8 Å². The zero-order chi connectivity index (χ0) is 21.1. The molecule has 1 fully saturated rings. The fourth-order valence-electron chi connectivity index (χ4n) is 3.78. The summed E-state index contributed by atoms with van der Waals surface area (Å²) >= 11 is 1.48. The highest BCUT2D eigenvalue weighted by atomic mass is 32.1. The van der Waals surface area contributed by atoms with Crippen LogP contribution in [0.3, 0.4) is 0 Å². The maximum Gasteiger partial charge on any atom is 0.265 e. The van der Waals surface area contributed by atoms with Crippen molar-refractivity contribution in [3.05, 3.63) is 40.9 Å². The third kappa shape index (κ3) is 4.08. The number of aryl methyl sites for hydroxylation is 1. The third-order valence-corrected chi connectivity index (χ3v) is 6.68. The molecule has 8 heteroatoms. The van der Waals surface area contributed by atoms with Gasteiger partial charge in [0.25, 0.3) is 5.91 Å². The molecule has 1 aliphatic rings. The highest BCUT2D eigenvalue weighted by Gasteiger charge is 2.27.